The minimum atomic E-state index is -3.69. The van der Waals surface area contributed by atoms with Gasteiger partial charge in [-0.2, -0.15) is 0 Å². The first-order valence-electron chi connectivity index (χ1n) is 11.2. The fourth-order valence-corrected chi connectivity index (χ4v) is 5.75. The number of rotatable bonds is 9. The fourth-order valence-electron chi connectivity index (χ4n) is 4.21. The van der Waals surface area contributed by atoms with E-state index < -0.39 is 22.2 Å². The highest BCUT2D eigenvalue weighted by atomic mass is 32.2. The van der Waals surface area contributed by atoms with E-state index in [0.29, 0.717) is 31.4 Å². The van der Waals surface area contributed by atoms with Gasteiger partial charge in [0.05, 0.1) is 35.4 Å². The van der Waals surface area contributed by atoms with Crippen molar-refractivity contribution in [1.82, 2.24) is 19.7 Å². The first-order valence-corrected chi connectivity index (χ1v) is 12.7. The molecule has 1 fully saturated rings. The number of sulfonamides is 1. The van der Waals surface area contributed by atoms with Crippen molar-refractivity contribution in [3.05, 3.63) is 77.6 Å². The van der Waals surface area contributed by atoms with Crippen molar-refractivity contribution in [3.8, 4) is 0 Å². The van der Waals surface area contributed by atoms with Crippen molar-refractivity contribution in [3.63, 3.8) is 0 Å². The van der Waals surface area contributed by atoms with Crippen molar-refractivity contribution in [1.29, 1.82) is 0 Å². The quantitative estimate of drug-likeness (QED) is 0.498. The Labute approximate surface area is 194 Å². The minimum Gasteiger partial charge on any atom is -0.394 e. The van der Waals surface area contributed by atoms with Crippen LogP contribution >= 0.6 is 0 Å². The zero-order chi connectivity index (χ0) is 23.3. The maximum atomic E-state index is 12.8. The topological polar surface area (TPSA) is 106 Å². The third-order valence-electron chi connectivity index (χ3n) is 5.98. The van der Waals surface area contributed by atoms with Gasteiger partial charge in [0.15, 0.2) is 0 Å². The van der Waals surface area contributed by atoms with Crippen LogP contribution in [0.1, 0.15) is 36.1 Å². The molecule has 2 N–H and O–H groups in total. The Kier molecular flexibility index (Phi) is 7.54. The van der Waals surface area contributed by atoms with E-state index in [4.69, 9.17) is 4.74 Å². The van der Waals surface area contributed by atoms with Crippen molar-refractivity contribution in [2.75, 3.05) is 6.61 Å². The van der Waals surface area contributed by atoms with Gasteiger partial charge < -0.3 is 9.84 Å². The second-order valence-electron chi connectivity index (χ2n) is 8.47. The summed E-state index contributed by atoms with van der Waals surface area (Å²) < 4.78 is 36.3. The van der Waals surface area contributed by atoms with Crippen LogP contribution in [-0.2, 0) is 27.7 Å². The molecule has 1 aliphatic heterocycles. The molecular weight excluding hydrogens is 440 g/mol. The summed E-state index contributed by atoms with van der Waals surface area (Å²) >= 11 is 0. The average molecular weight is 471 g/mol. The molecule has 1 aliphatic rings. The maximum Gasteiger partial charge on any atom is 0.241 e. The first kappa shape index (κ1) is 23.6. The lowest BCUT2D eigenvalue weighted by Crippen LogP contribution is -2.51. The van der Waals surface area contributed by atoms with Crippen LogP contribution in [0.25, 0.3) is 0 Å². The number of ether oxygens (including phenoxy) is 1. The lowest BCUT2D eigenvalue weighted by Gasteiger charge is -2.36. The Morgan fingerprint density at radius 1 is 1.12 bits per heavy atom. The number of nitrogens with one attached hydrogen (secondary N) is 1. The fraction of sp³-hybridized carbons (Fsp3) is 0.417. The minimum absolute atomic E-state index is 0.0804. The van der Waals surface area contributed by atoms with Gasteiger partial charge in [-0.1, -0.05) is 53.7 Å². The van der Waals surface area contributed by atoms with Crippen LogP contribution in [-0.4, -0.2) is 53.4 Å². The van der Waals surface area contributed by atoms with Crippen LogP contribution in [0.2, 0.25) is 0 Å². The van der Waals surface area contributed by atoms with Crippen LogP contribution in [0, 0.1) is 6.92 Å². The number of hydrogen-bond donors (Lipinski definition) is 2. The second-order valence-corrected chi connectivity index (χ2v) is 10.2. The largest absolute Gasteiger partial charge is 0.394 e. The zero-order valence-corrected chi connectivity index (χ0v) is 19.5. The SMILES string of the molecule is Cc1ccccc1S(=O)(=O)N[C@H]1CC[C@H](CCn2cc(Cc3ccccc3)nn2)O[C@@H]1CO. The third-order valence-corrected chi connectivity index (χ3v) is 7.63. The van der Waals surface area contributed by atoms with Gasteiger partial charge in [-0.3, -0.25) is 4.68 Å². The van der Waals surface area contributed by atoms with Gasteiger partial charge in [0.25, 0.3) is 0 Å². The first-order chi connectivity index (χ1) is 15.9. The molecular formula is C24H30N4O4S. The van der Waals surface area contributed by atoms with E-state index in [0.717, 1.165) is 12.1 Å². The summed E-state index contributed by atoms with van der Waals surface area (Å²) in [6, 6.07) is 16.5. The Morgan fingerprint density at radius 2 is 1.88 bits per heavy atom. The van der Waals surface area contributed by atoms with E-state index >= 15 is 0 Å². The monoisotopic (exact) mass is 470 g/mol. The number of aliphatic hydroxyl groups excluding tert-OH is 1. The molecule has 0 saturated carbocycles. The van der Waals surface area contributed by atoms with Gasteiger partial charge in [-0.25, -0.2) is 13.1 Å². The summed E-state index contributed by atoms with van der Waals surface area (Å²) in [5.74, 6) is 0. The number of benzene rings is 2. The van der Waals surface area contributed by atoms with Gasteiger partial charge in [-0.05, 0) is 43.4 Å². The molecule has 1 aromatic heterocycles. The van der Waals surface area contributed by atoms with Crippen LogP contribution in [0.5, 0.6) is 0 Å². The van der Waals surface area contributed by atoms with Crippen LogP contribution in [0.15, 0.2) is 65.7 Å². The molecule has 2 aromatic carbocycles. The zero-order valence-electron chi connectivity index (χ0n) is 18.7. The van der Waals surface area contributed by atoms with Crippen molar-refractivity contribution >= 4 is 10.0 Å². The van der Waals surface area contributed by atoms with Crippen molar-refractivity contribution in [2.24, 2.45) is 0 Å². The number of aliphatic hydroxyl groups is 1. The Morgan fingerprint density at radius 3 is 2.64 bits per heavy atom. The summed E-state index contributed by atoms with van der Waals surface area (Å²) in [4.78, 5) is 0.251. The van der Waals surface area contributed by atoms with E-state index in [9.17, 15) is 13.5 Å². The molecule has 33 heavy (non-hydrogen) atoms. The van der Waals surface area contributed by atoms with Gasteiger partial charge in [-0.15, -0.1) is 5.10 Å². The van der Waals surface area contributed by atoms with E-state index in [1.807, 2.05) is 29.1 Å². The number of nitrogens with zero attached hydrogens (tertiary/aromatic N) is 3. The molecule has 8 nitrogen and oxygen atoms in total. The van der Waals surface area contributed by atoms with Crippen molar-refractivity contribution < 1.29 is 18.3 Å². The number of hydrogen-bond acceptors (Lipinski definition) is 6. The molecule has 0 spiro atoms. The maximum absolute atomic E-state index is 12.8. The van der Waals surface area contributed by atoms with Crippen LogP contribution < -0.4 is 4.72 Å². The predicted octanol–water partition coefficient (Wildman–Crippen LogP) is 2.45. The van der Waals surface area contributed by atoms with E-state index in [2.05, 4.69) is 27.2 Å². The standard InChI is InChI=1S/C24H30N4O4S/c1-18-7-5-6-10-24(18)33(30,31)26-22-12-11-21(32-23(22)17-29)13-14-28-16-20(25-27-28)15-19-8-3-2-4-9-19/h2-10,16,21-23,26,29H,11-15,17H2,1H3/t21-,22+,23-/m1/s1. The lowest BCUT2D eigenvalue weighted by atomic mass is 9.98. The van der Waals surface area contributed by atoms with E-state index in [1.54, 1.807) is 31.2 Å². The second kappa shape index (κ2) is 10.6. The lowest BCUT2D eigenvalue weighted by molar-refractivity contribution is -0.0891. The molecule has 3 aromatic rings. The molecule has 9 heteroatoms. The van der Waals surface area contributed by atoms with Crippen molar-refractivity contribution in [2.45, 2.75) is 62.3 Å². The summed E-state index contributed by atoms with van der Waals surface area (Å²) in [7, 11) is -3.69. The molecule has 176 valence electrons. The highest BCUT2D eigenvalue weighted by Crippen LogP contribution is 2.24. The van der Waals surface area contributed by atoms with Gasteiger partial charge in [0.1, 0.15) is 0 Å². The number of aromatic nitrogens is 3. The average Bonchev–Trinajstić information content (AvgIpc) is 3.26. The highest BCUT2D eigenvalue weighted by molar-refractivity contribution is 7.89. The Balaban J connectivity index is 1.30. The molecule has 0 bridgehead atoms. The Hall–Kier alpha value is -2.59. The molecule has 3 atom stereocenters. The van der Waals surface area contributed by atoms with E-state index in [-0.39, 0.29) is 17.6 Å². The summed E-state index contributed by atoms with van der Waals surface area (Å²) in [5.41, 5.74) is 2.77. The normalized spacial score (nSPS) is 21.2. The van der Waals surface area contributed by atoms with Gasteiger partial charge >= 0.3 is 0 Å². The predicted molar refractivity (Wildman–Crippen MR) is 124 cm³/mol. The smallest absolute Gasteiger partial charge is 0.241 e. The molecule has 4 rings (SSSR count). The van der Waals surface area contributed by atoms with E-state index in [1.165, 1.54) is 5.56 Å². The molecule has 1 saturated heterocycles. The van der Waals surface area contributed by atoms with Crippen LogP contribution in [0.4, 0.5) is 0 Å². The Bertz CT molecular complexity index is 1150. The molecule has 0 aliphatic carbocycles. The molecule has 2 heterocycles. The van der Waals surface area contributed by atoms with Crippen LogP contribution in [0.3, 0.4) is 0 Å². The molecule has 0 radical (unpaired) electrons. The van der Waals surface area contributed by atoms with Gasteiger partial charge in [0.2, 0.25) is 10.0 Å². The number of aryl methyl sites for hydroxylation is 2. The summed E-state index contributed by atoms with van der Waals surface area (Å²) in [6.07, 6.45) is 4.01. The van der Waals surface area contributed by atoms with Gasteiger partial charge in [0, 0.05) is 19.2 Å². The third kappa shape index (κ3) is 6.05. The highest BCUT2D eigenvalue weighted by Gasteiger charge is 2.34. The summed E-state index contributed by atoms with van der Waals surface area (Å²) in [6.45, 7) is 2.16. The molecule has 0 amide bonds. The molecule has 0 unspecified atom stereocenters. The summed E-state index contributed by atoms with van der Waals surface area (Å²) in [5, 5.41) is 18.3.